The van der Waals surface area contributed by atoms with Crippen molar-refractivity contribution in [2.45, 2.75) is 0 Å². The van der Waals surface area contributed by atoms with Crippen LogP contribution in [-0.4, -0.2) is 29.9 Å². The van der Waals surface area contributed by atoms with Crippen LogP contribution < -0.4 is 37.3 Å². The number of hydrogen-bond acceptors (Lipinski definition) is 14. The zero-order valence-corrected chi connectivity index (χ0v) is 29.5. The maximum Gasteiger partial charge on any atom is 2.00 e. The molecule has 0 radical (unpaired) electrons. The van der Waals surface area contributed by atoms with E-state index in [9.17, 15) is 0 Å². The van der Waals surface area contributed by atoms with E-state index in [1.54, 1.807) is 18.6 Å². The molecule has 9 rings (SSSR count). The minimum absolute atomic E-state index is 0. The van der Waals surface area contributed by atoms with E-state index in [0.29, 0.717) is 0 Å². The van der Waals surface area contributed by atoms with Gasteiger partial charge in [0.25, 0.3) is 0 Å². The smallest absolute Gasteiger partial charge is 0.256 e. The van der Waals surface area contributed by atoms with Crippen molar-refractivity contribution in [2.24, 2.45) is 0 Å². The standard InChI is InChI=1S/3C12H8N2.2ClHO4.Fe/c3*1-3-9-5-6-11-10(4-2-7-13-11)12(9)14-8-1;2*2-1(3,4)5;/h3*1-8H;2*(H,2,3,4,5);/q;;;;;+2/p-2. The van der Waals surface area contributed by atoms with E-state index in [0.717, 1.165) is 65.4 Å². The molecule has 3 aromatic carbocycles. The van der Waals surface area contributed by atoms with Crippen LogP contribution in [0.1, 0.15) is 0 Å². The Kier molecular flexibility index (Phi) is 14.3. The van der Waals surface area contributed by atoms with Gasteiger partial charge in [0.15, 0.2) is 0 Å². The van der Waals surface area contributed by atoms with Crippen molar-refractivity contribution in [3.8, 4) is 0 Å². The normalized spacial score (nSPS) is 10.9. The summed E-state index contributed by atoms with van der Waals surface area (Å²) >= 11 is 0. The van der Waals surface area contributed by atoms with Gasteiger partial charge in [0, 0.05) is 69.5 Å². The summed E-state index contributed by atoms with van der Waals surface area (Å²) in [6.45, 7) is 0. The molecular formula is C36H24Cl2FeN6O8. The Balaban J connectivity index is 0.000000157. The summed E-state index contributed by atoms with van der Waals surface area (Å²) in [5.41, 5.74) is 6.07. The van der Waals surface area contributed by atoms with Gasteiger partial charge in [-0.15, -0.1) is 20.5 Å². The first-order chi connectivity index (χ1) is 24.8. The molecule has 17 heteroatoms. The van der Waals surface area contributed by atoms with Crippen molar-refractivity contribution < 1.29 is 74.8 Å². The summed E-state index contributed by atoms with van der Waals surface area (Å²) in [4.78, 5) is 26.0. The minimum atomic E-state index is -4.94. The average molecular weight is 795 g/mol. The van der Waals surface area contributed by atoms with Crippen LogP contribution in [0.4, 0.5) is 0 Å². The molecule has 0 bridgehead atoms. The molecular weight excluding hydrogens is 771 g/mol. The number of pyridine rings is 6. The van der Waals surface area contributed by atoms with E-state index in [1.807, 2.05) is 73.2 Å². The number of rotatable bonds is 0. The van der Waals surface area contributed by atoms with Crippen LogP contribution in [0.3, 0.4) is 0 Å². The van der Waals surface area contributed by atoms with Crippen molar-refractivity contribution >= 4 is 65.4 Å². The van der Waals surface area contributed by atoms with Crippen LogP contribution in [0, 0.1) is 20.5 Å². The molecule has 9 aromatic rings. The van der Waals surface area contributed by atoms with Gasteiger partial charge in [0.1, 0.15) is 0 Å². The third-order valence-corrected chi connectivity index (χ3v) is 7.06. The summed E-state index contributed by atoms with van der Waals surface area (Å²) in [5.74, 6) is 0. The second-order valence-corrected chi connectivity index (χ2v) is 11.9. The summed E-state index contributed by atoms with van der Waals surface area (Å²) in [6.07, 6.45) is 10.9. The first-order valence-electron chi connectivity index (χ1n) is 14.8. The summed E-state index contributed by atoms with van der Waals surface area (Å²) < 4.78 is 67.9. The first kappa shape index (κ1) is 40.7. The molecule has 6 heterocycles. The van der Waals surface area contributed by atoms with Crippen molar-refractivity contribution in [1.29, 1.82) is 0 Å². The second kappa shape index (κ2) is 18.6. The number of fused-ring (bicyclic) bond motifs is 9. The Labute approximate surface area is 315 Å². The third kappa shape index (κ3) is 12.2. The molecule has 6 aromatic heterocycles. The minimum Gasteiger partial charge on any atom is -0.256 e. The molecule has 268 valence electrons. The molecule has 0 saturated heterocycles. The van der Waals surface area contributed by atoms with Gasteiger partial charge in [0.2, 0.25) is 0 Å². The molecule has 0 fully saturated rings. The van der Waals surface area contributed by atoms with E-state index >= 15 is 0 Å². The number of halogens is 2. The SMILES string of the molecule is [Fe+2].[O-][Cl+3]([O-])([O-])[O-].[O-][Cl+3]([O-])([O-])[O-].c1cnc2c(c1)ccc1ncccc12.c1cnc2c(c1)ccc1ncccc12.c1cnc2c(c1)ccc1ncccc12. The zero-order chi connectivity index (χ0) is 37.1. The van der Waals surface area contributed by atoms with Crippen LogP contribution in [0.25, 0.3) is 65.4 Å². The Morgan fingerprint density at radius 1 is 0.302 bits per heavy atom. The summed E-state index contributed by atoms with van der Waals surface area (Å²) in [7, 11) is -9.89. The van der Waals surface area contributed by atoms with Gasteiger partial charge in [-0.25, -0.2) is 37.3 Å². The van der Waals surface area contributed by atoms with Crippen molar-refractivity contribution in [1.82, 2.24) is 29.9 Å². The Morgan fingerprint density at radius 2 is 0.528 bits per heavy atom. The van der Waals surface area contributed by atoms with E-state index in [2.05, 4.69) is 84.5 Å². The van der Waals surface area contributed by atoms with Crippen molar-refractivity contribution in [3.05, 3.63) is 146 Å². The van der Waals surface area contributed by atoms with Gasteiger partial charge in [-0.2, -0.15) is 0 Å². The van der Waals surface area contributed by atoms with Crippen molar-refractivity contribution in [2.75, 3.05) is 0 Å². The van der Waals surface area contributed by atoms with E-state index in [-0.39, 0.29) is 17.1 Å². The molecule has 0 saturated carbocycles. The Bertz CT molecular complexity index is 2130. The van der Waals surface area contributed by atoms with Gasteiger partial charge >= 0.3 is 17.1 Å². The van der Waals surface area contributed by atoms with E-state index in [1.165, 1.54) is 0 Å². The Morgan fingerprint density at radius 3 is 0.792 bits per heavy atom. The second-order valence-electron chi connectivity index (χ2n) is 10.4. The maximum atomic E-state index is 8.49. The fourth-order valence-electron chi connectivity index (χ4n) is 5.09. The van der Waals surface area contributed by atoms with E-state index in [4.69, 9.17) is 37.3 Å². The van der Waals surface area contributed by atoms with Gasteiger partial charge in [-0.3, -0.25) is 29.9 Å². The molecule has 0 aliphatic carbocycles. The van der Waals surface area contributed by atoms with Crippen molar-refractivity contribution in [3.63, 3.8) is 0 Å². The largest absolute Gasteiger partial charge is 2.00 e. The van der Waals surface area contributed by atoms with Gasteiger partial charge in [-0.1, -0.05) is 36.4 Å². The molecule has 0 spiro atoms. The number of nitrogens with zero attached hydrogens (tertiary/aromatic N) is 6. The van der Waals surface area contributed by atoms with Gasteiger partial charge in [0.05, 0.1) is 33.1 Å². The first-order valence-corrected chi connectivity index (χ1v) is 17.3. The predicted octanol–water partition coefficient (Wildman–Crippen LogP) is -1.17. The number of benzene rings is 3. The molecule has 0 atom stereocenters. The van der Waals surface area contributed by atoms with Gasteiger partial charge in [-0.05, 0) is 72.8 Å². The van der Waals surface area contributed by atoms with Crippen LogP contribution in [-0.2, 0) is 17.1 Å². The van der Waals surface area contributed by atoms with Gasteiger partial charge < -0.3 is 0 Å². The fraction of sp³-hybridized carbons (Fsp3) is 0. The summed E-state index contributed by atoms with van der Waals surface area (Å²) in [5, 5.41) is 6.83. The zero-order valence-electron chi connectivity index (χ0n) is 26.9. The third-order valence-electron chi connectivity index (χ3n) is 7.06. The quantitative estimate of drug-likeness (QED) is 0.130. The molecule has 0 aliphatic rings. The monoisotopic (exact) mass is 794 g/mol. The van der Waals surface area contributed by atoms with Crippen LogP contribution >= 0.6 is 0 Å². The Hall–Kier alpha value is -5.10. The average Bonchev–Trinajstić information content (AvgIpc) is 3.14. The summed E-state index contributed by atoms with van der Waals surface area (Å²) in [6, 6.07) is 36.3. The maximum absolute atomic E-state index is 8.49. The fourth-order valence-corrected chi connectivity index (χ4v) is 5.09. The molecule has 0 N–H and O–H groups in total. The van der Waals surface area contributed by atoms with Crippen LogP contribution in [0.2, 0.25) is 0 Å². The number of hydrogen-bond donors (Lipinski definition) is 0. The molecule has 0 unspecified atom stereocenters. The predicted molar refractivity (Wildman–Crippen MR) is 171 cm³/mol. The topological polar surface area (TPSA) is 262 Å². The van der Waals surface area contributed by atoms with E-state index < -0.39 is 20.5 Å². The van der Waals surface area contributed by atoms with Crippen LogP contribution in [0.5, 0.6) is 0 Å². The molecule has 0 amide bonds. The molecule has 0 aliphatic heterocycles. The molecule has 53 heavy (non-hydrogen) atoms. The number of aromatic nitrogens is 6. The van der Waals surface area contributed by atoms with Crippen LogP contribution in [0.15, 0.2) is 146 Å². The molecule has 14 nitrogen and oxygen atoms in total.